The molecule has 4 aliphatic carbocycles. The Labute approximate surface area is 187 Å². The van der Waals surface area contributed by atoms with Crippen LogP contribution in [0.3, 0.4) is 0 Å². The van der Waals surface area contributed by atoms with E-state index in [2.05, 4.69) is 34.6 Å². The third-order valence-corrected chi connectivity index (χ3v) is 11.5. The zero-order valence-electron chi connectivity index (χ0n) is 20.8. The van der Waals surface area contributed by atoms with E-state index in [1.807, 2.05) is 0 Å². The van der Waals surface area contributed by atoms with Crippen molar-refractivity contribution in [1.82, 2.24) is 0 Å². The Morgan fingerprint density at radius 2 is 1.67 bits per heavy atom. The van der Waals surface area contributed by atoms with Gasteiger partial charge >= 0.3 is 0 Å². The molecule has 0 aromatic carbocycles. The second-order valence-electron chi connectivity index (χ2n) is 12.9. The number of carbonyl (C=O) groups is 1. The second-order valence-corrected chi connectivity index (χ2v) is 12.9. The van der Waals surface area contributed by atoms with E-state index in [0.29, 0.717) is 22.5 Å². The summed E-state index contributed by atoms with van der Waals surface area (Å²) >= 11 is 0. The SMILES string of the molecule is CCC(C)C(=O)CC[C@@H](C)C[C@H]1CCC2C3CCC4CCCC[C@]4(C)C3CC[C@@]21C. The number of hydrogen-bond donors (Lipinski definition) is 0. The zero-order chi connectivity index (χ0) is 21.5. The standard InChI is InChI=1S/C29H50O/c1-6-21(3)27(30)15-10-20(2)19-23-12-14-25-24-13-11-22-9-7-8-17-28(22,4)26(24)16-18-29(23,25)5/h20-26H,6-19H2,1-5H3/t20-,21?,22?,23-,24?,25?,26?,28+,29-/m1/s1. The number of carbonyl (C=O) groups excluding carboxylic acids is 1. The van der Waals surface area contributed by atoms with Gasteiger partial charge in [-0.05, 0) is 117 Å². The van der Waals surface area contributed by atoms with Crippen molar-refractivity contribution in [2.24, 2.45) is 52.3 Å². The summed E-state index contributed by atoms with van der Waals surface area (Å²) in [7, 11) is 0. The molecule has 0 aromatic rings. The average molecular weight is 415 g/mol. The van der Waals surface area contributed by atoms with Gasteiger partial charge in [-0.15, -0.1) is 0 Å². The van der Waals surface area contributed by atoms with Crippen LogP contribution in [0.4, 0.5) is 0 Å². The fourth-order valence-corrected chi connectivity index (χ4v) is 9.26. The molecule has 1 nitrogen and oxygen atoms in total. The molecule has 4 saturated carbocycles. The Bertz CT molecular complexity index is 609. The highest BCUT2D eigenvalue weighted by molar-refractivity contribution is 5.80. The molecule has 0 N–H and O–H groups in total. The molecule has 0 spiro atoms. The van der Waals surface area contributed by atoms with Crippen LogP contribution in [0, 0.1) is 52.3 Å². The molecule has 0 saturated heterocycles. The summed E-state index contributed by atoms with van der Waals surface area (Å²) in [5, 5.41) is 0. The summed E-state index contributed by atoms with van der Waals surface area (Å²) in [6.45, 7) is 12.1. The van der Waals surface area contributed by atoms with Crippen LogP contribution >= 0.6 is 0 Å². The maximum atomic E-state index is 12.3. The zero-order valence-corrected chi connectivity index (χ0v) is 20.8. The van der Waals surface area contributed by atoms with Crippen LogP contribution in [-0.2, 0) is 4.79 Å². The highest BCUT2D eigenvalue weighted by Gasteiger charge is 2.59. The van der Waals surface area contributed by atoms with Crippen LogP contribution < -0.4 is 0 Å². The lowest BCUT2D eigenvalue weighted by Crippen LogP contribution is -2.52. The lowest BCUT2D eigenvalue weighted by Gasteiger charge is -2.60. The van der Waals surface area contributed by atoms with Gasteiger partial charge in [-0.1, -0.05) is 47.5 Å². The monoisotopic (exact) mass is 414 g/mol. The fourth-order valence-electron chi connectivity index (χ4n) is 9.26. The van der Waals surface area contributed by atoms with E-state index < -0.39 is 0 Å². The topological polar surface area (TPSA) is 17.1 Å². The first-order valence-corrected chi connectivity index (χ1v) is 13.8. The van der Waals surface area contributed by atoms with Crippen molar-refractivity contribution in [3.8, 4) is 0 Å². The minimum atomic E-state index is 0.261. The van der Waals surface area contributed by atoms with Gasteiger partial charge in [0.1, 0.15) is 5.78 Å². The summed E-state index contributed by atoms with van der Waals surface area (Å²) in [4.78, 5) is 12.3. The highest BCUT2D eigenvalue weighted by Crippen LogP contribution is 2.68. The van der Waals surface area contributed by atoms with Gasteiger partial charge in [-0.2, -0.15) is 0 Å². The lowest BCUT2D eigenvalue weighted by molar-refractivity contribution is -0.122. The molecule has 5 unspecified atom stereocenters. The van der Waals surface area contributed by atoms with E-state index in [4.69, 9.17) is 0 Å². The molecular formula is C29H50O. The summed E-state index contributed by atoms with van der Waals surface area (Å²) in [6.07, 6.45) is 19.4. The van der Waals surface area contributed by atoms with E-state index in [9.17, 15) is 4.79 Å². The van der Waals surface area contributed by atoms with E-state index in [1.165, 1.54) is 70.6 Å². The van der Waals surface area contributed by atoms with Crippen molar-refractivity contribution in [3.05, 3.63) is 0 Å². The van der Waals surface area contributed by atoms with Crippen LogP contribution in [0.25, 0.3) is 0 Å². The quantitative estimate of drug-likeness (QED) is 0.408. The Kier molecular flexibility index (Phi) is 6.78. The van der Waals surface area contributed by atoms with Crippen molar-refractivity contribution in [3.63, 3.8) is 0 Å². The predicted molar refractivity (Wildman–Crippen MR) is 127 cm³/mol. The number of hydrogen-bond acceptors (Lipinski definition) is 1. The molecule has 4 aliphatic rings. The normalized spacial score (nSPS) is 45.2. The maximum Gasteiger partial charge on any atom is 0.135 e. The van der Waals surface area contributed by atoms with Gasteiger partial charge in [0.25, 0.3) is 0 Å². The third kappa shape index (κ3) is 3.94. The molecular weight excluding hydrogens is 364 g/mol. The van der Waals surface area contributed by atoms with Crippen LogP contribution in [0.1, 0.15) is 125 Å². The predicted octanol–water partition coefficient (Wildman–Crippen LogP) is 8.46. The molecule has 1 heteroatoms. The second kappa shape index (κ2) is 8.90. The van der Waals surface area contributed by atoms with Crippen LogP contribution in [0.2, 0.25) is 0 Å². The van der Waals surface area contributed by atoms with Crippen LogP contribution in [0.5, 0.6) is 0 Å². The molecule has 4 rings (SSSR count). The molecule has 30 heavy (non-hydrogen) atoms. The van der Waals surface area contributed by atoms with Gasteiger partial charge in [0, 0.05) is 12.3 Å². The molecule has 172 valence electrons. The Balaban J connectivity index is 1.38. The largest absolute Gasteiger partial charge is 0.299 e. The highest BCUT2D eigenvalue weighted by atomic mass is 16.1. The molecule has 9 atom stereocenters. The number of fused-ring (bicyclic) bond motifs is 5. The van der Waals surface area contributed by atoms with Gasteiger partial charge in [0.15, 0.2) is 0 Å². The van der Waals surface area contributed by atoms with Crippen molar-refractivity contribution < 1.29 is 4.79 Å². The van der Waals surface area contributed by atoms with Crippen LogP contribution in [0.15, 0.2) is 0 Å². The van der Waals surface area contributed by atoms with Crippen molar-refractivity contribution in [1.29, 1.82) is 0 Å². The first-order chi connectivity index (χ1) is 14.3. The summed E-state index contributed by atoms with van der Waals surface area (Å²) in [5.41, 5.74) is 1.26. The van der Waals surface area contributed by atoms with E-state index in [0.717, 1.165) is 48.9 Å². The van der Waals surface area contributed by atoms with E-state index in [1.54, 1.807) is 0 Å². The lowest BCUT2D eigenvalue weighted by atomic mass is 9.44. The smallest absolute Gasteiger partial charge is 0.135 e. The minimum absolute atomic E-state index is 0.261. The summed E-state index contributed by atoms with van der Waals surface area (Å²) < 4.78 is 0. The van der Waals surface area contributed by atoms with Gasteiger partial charge in [0.05, 0.1) is 0 Å². The molecule has 0 heterocycles. The molecule has 0 aromatic heterocycles. The van der Waals surface area contributed by atoms with E-state index >= 15 is 0 Å². The Morgan fingerprint density at radius 1 is 0.900 bits per heavy atom. The number of ketones is 1. The van der Waals surface area contributed by atoms with Crippen LogP contribution in [-0.4, -0.2) is 5.78 Å². The maximum absolute atomic E-state index is 12.3. The molecule has 0 aliphatic heterocycles. The molecule has 0 radical (unpaired) electrons. The molecule has 0 bridgehead atoms. The van der Waals surface area contributed by atoms with E-state index in [-0.39, 0.29) is 5.92 Å². The van der Waals surface area contributed by atoms with Gasteiger partial charge in [-0.3, -0.25) is 4.79 Å². The fraction of sp³-hybridized carbons (Fsp3) is 0.966. The van der Waals surface area contributed by atoms with Gasteiger partial charge in [-0.25, -0.2) is 0 Å². The molecule has 4 fully saturated rings. The first kappa shape index (κ1) is 22.8. The van der Waals surface area contributed by atoms with Crippen molar-refractivity contribution >= 4 is 5.78 Å². The molecule has 0 amide bonds. The summed E-state index contributed by atoms with van der Waals surface area (Å²) in [5.74, 6) is 6.47. The third-order valence-electron chi connectivity index (χ3n) is 11.5. The van der Waals surface area contributed by atoms with Gasteiger partial charge in [0.2, 0.25) is 0 Å². The Hall–Kier alpha value is -0.330. The average Bonchev–Trinajstić information content (AvgIpc) is 3.07. The minimum Gasteiger partial charge on any atom is -0.299 e. The summed E-state index contributed by atoms with van der Waals surface area (Å²) in [6, 6.07) is 0. The van der Waals surface area contributed by atoms with Crippen molar-refractivity contribution in [2.75, 3.05) is 0 Å². The van der Waals surface area contributed by atoms with Gasteiger partial charge < -0.3 is 0 Å². The Morgan fingerprint density at radius 3 is 2.43 bits per heavy atom. The number of Topliss-reactive ketones (excluding diaryl/α,β-unsaturated/α-hetero) is 1. The van der Waals surface area contributed by atoms with Crippen molar-refractivity contribution in [2.45, 2.75) is 125 Å². The first-order valence-electron chi connectivity index (χ1n) is 13.8. The number of rotatable bonds is 7.